The fraction of sp³-hybridized carbons (Fsp3) is 0.571. The zero-order valence-electron chi connectivity index (χ0n) is 7.46. The van der Waals surface area contributed by atoms with Crippen molar-refractivity contribution in [1.82, 2.24) is 5.32 Å². The molecule has 0 aliphatic carbocycles. The Bertz CT molecular complexity index is 213. The molecule has 0 unspecified atom stereocenters. The lowest BCUT2D eigenvalue weighted by Gasteiger charge is -2.02. The molecule has 0 aliphatic rings. The third kappa shape index (κ3) is 6.79. The molecule has 0 atom stereocenters. The minimum Gasteiger partial charge on any atom is -0.469 e. The van der Waals surface area contributed by atoms with Gasteiger partial charge < -0.3 is 14.8 Å². The third-order valence-electron chi connectivity index (χ3n) is 1.06. The second-order valence-electron chi connectivity index (χ2n) is 2.13. The van der Waals surface area contributed by atoms with Crippen LogP contribution < -0.4 is 5.32 Å². The number of carbonyl (C=O) groups excluding carboxylic acids is 3. The average molecular weight is 189 g/mol. The van der Waals surface area contributed by atoms with E-state index >= 15 is 0 Å². The van der Waals surface area contributed by atoms with Gasteiger partial charge in [0.25, 0.3) is 0 Å². The molecule has 0 spiro atoms. The van der Waals surface area contributed by atoms with Crippen LogP contribution in [-0.4, -0.2) is 31.7 Å². The number of hydrogen-bond acceptors (Lipinski definition) is 5. The molecule has 13 heavy (non-hydrogen) atoms. The number of ether oxygens (including phenoxy) is 2. The number of esters is 2. The van der Waals surface area contributed by atoms with Crippen molar-refractivity contribution in [3.63, 3.8) is 0 Å². The highest BCUT2D eigenvalue weighted by Gasteiger charge is 2.05. The summed E-state index contributed by atoms with van der Waals surface area (Å²) in [6.45, 7) is 1.19. The predicted octanol–water partition coefficient (Wildman–Crippen LogP) is -0.178. The topological polar surface area (TPSA) is 81.7 Å². The molecule has 0 radical (unpaired) electrons. The molecule has 0 saturated heterocycles. The number of amides is 1. The van der Waals surface area contributed by atoms with Crippen LogP contribution in [-0.2, 0) is 19.1 Å². The standard InChI is InChI=1S/C7H11NO5/c1-5(9)13-7(11)8-4-3-6(10)12-2/h3-4H2,1-2H3,(H,8,11). The molecule has 0 bridgehead atoms. The summed E-state index contributed by atoms with van der Waals surface area (Å²) in [7, 11) is 1.25. The SMILES string of the molecule is COC(=O)CCNC(=O)OC(C)=O. The third-order valence-corrected chi connectivity index (χ3v) is 1.06. The summed E-state index contributed by atoms with van der Waals surface area (Å²) in [5.74, 6) is -1.14. The fourth-order valence-corrected chi connectivity index (χ4v) is 0.535. The van der Waals surface area contributed by atoms with Crippen molar-refractivity contribution in [1.29, 1.82) is 0 Å². The van der Waals surface area contributed by atoms with Gasteiger partial charge in [-0.1, -0.05) is 0 Å². The lowest BCUT2D eigenvalue weighted by atomic mass is 10.4. The van der Waals surface area contributed by atoms with Crippen LogP contribution in [0.2, 0.25) is 0 Å². The first-order chi connectivity index (χ1) is 6.06. The molecular formula is C7H11NO5. The molecule has 0 saturated carbocycles. The van der Waals surface area contributed by atoms with Crippen molar-refractivity contribution in [3.8, 4) is 0 Å². The summed E-state index contributed by atoms with van der Waals surface area (Å²) in [5, 5.41) is 2.20. The summed E-state index contributed by atoms with van der Waals surface area (Å²) < 4.78 is 8.44. The Balaban J connectivity index is 3.48. The van der Waals surface area contributed by atoms with E-state index in [0.717, 1.165) is 6.92 Å². The first-order valence-electron chi connectivity index (χ1n) is 3.59. The molecule has 1 N–H and O–H groups in total. The van der Waals surface area contributed by atoms with Crippen LogP contribution in [0.25, 0.3) is 0 Å². The largest absolute Gasteiger partial charge is 0.469 e. The molecule has 0 heterocycles. The zero-order chi connectivity index (χ0) is 10.3. The van der Waals surface area contributed by atoms with Crippen LogP contribution in [0.3, 0.4) is 0 Å². The highest BCUT2D eigenvalue weighted by molar-refractivity contribution is 5.83. The molecule has 0 aliphatic heterocycles. The summed E-state index contributed by atoms with van der Waals surface area (Å²) in [6, 6.07) is 0. The summed E-state index contributed by atoms with van der Waals surface area (Å²) in [6.07, 6.45) is -0.819. The molecule has 0 aromatic rings. The van der Waals surface area contributed by atoms with Crippen LogP contribution in [0.5, 0.6) is 0 Å². The van der Waals surface area contributed by atoms with Gasteiger partial charge >= 0.3 is 18.0 Å². The molecule has 0 fully saturated rings. The monoisotopic (exact) mass is 189 g/mol. The predicted molar refractivity (Wildman–Crippen MR) is 41.8 cm³/mol. The minimum atomic E-state index is -0.864. The highest BCUT2D eigenvalue weighted by Crippen LogP contribution is 1.83. The Kier molecular flexibility index (Phi) is 5.25. The van der Waals surface area contributed by atoms with Gasteiger partial charge in [0.2, 0.25) is 0 Å². The van der Waals surface area contributed by atoms with Gasteiger partial charge in [0.05, 0.1) is 13.5 Å². The molecule has 6 heteroatoms. The van der Waals surface area contributed by atoms with E-state index in [4.69, 9.17) is 0 Å². The van der Waals surface area contributed by atoms with Crippen LogP contribution in [0.4, 0.5) is 4.79 Å². The molecule has 0 rings (SSSR count). The van der Waals surface area contributed by atoms with Crippen molar-refractivity contribution in [2.75, 3.05) is 13.7 Å². The Labute approximate surface area is 75.2 Å². The van der Waals surface area contributed by atoms with Gasteiger partial charge in [0.15, 0.2) is 0 Å². The first kappa shape index (κ1) is 11.4. The Morgan fingerprint density at radius 3 is 2.38 bits per heavy atom. The van der Waals surface area contributed by atoms with Gasteiger partial charge in [-0.25, -0.2) is 4.79 Å². The Morgan fingerprint density at radius 2 is 1.92 bits per heavy atom. The summed E-state index contributed by atoms with van der Waals surface area (Å²) in [4.78, 5) is 31.4. The van der Waals surface area contributed by atoms with E-state index in [1.807, 2.05) is 0 Å². The van der Waals surface area contributed by atoms with Crippen molar-refractivity contribution >= 4 is 18.0 Å². The van der Waals surface area contributed by atoms with Gasteiger partial charge in [-0.15, -0.1) is 0 Å². The highest BCUT2D eigenvalue weighted by atomic mass is 16.6. The van der Waals surface area contributed by atoms with E-state index < -0.39 is 18.0 Å². The van der Waals surface area contributed by atoms with E-state index in [2.05, 4.69) is 14.8 Å². The van der Waals surface area contributed by atoms with E-state index in [1.165, 1.54) is 7.11 Å². The van der Waals surface area contributed by atoms with Crippen LogP contribution >= 0.6 is 0 Å². The van der Waals surface area contributed by atoms with Gasteiger partial charge in [-0.05, 0) is 0 Å². The summed E-state index contributed by atoms with van der Waals surface area (Å²) in [5.41, 5.74) is 0. The Morgan fingerprint density at radius 1 is 1.31 bits per heavy atom. The lowest BCUT2D eigenvalue weighted by Crippen LogP contribution is -2.28. The van der Waals surface area contributed by atoms with Gasteiger partial charge in [0, 0.05) is 13.5 Å². The van der Waals surface area contributed by atoms with Crippen molar-refractivity contribution in [3.05, 3.63) is 0 Å². The second kappa shape index (κ2) is 5.99. The van der Waals surface area contributed by atoms with Gasteiger partial charge in [0.1, 0.15) is 0 Å². The second-order valence-corrected chi connectivity index (χ2v) is 2.13. The number of methoxy groups -OCH3 is 1. The molecule has 1 amide bonds. The maximum atomic E-state index is 10.6. The van der Waals surface area contributed by atoms with Crippen LogP contribution in [0.15, 0.2) is 0 Å². The van der Waals surface area contributed by atoms with Crippen LogP contribution in [0, 0.1) is 0 Å². The lowest BCUT2D eigenvalue weighted by molar-refractivity contribution is -0.140. The average Bonchev–Trinajstić information content (AvgIpc) is 2.02. The maximum absolute atomic E-state index is 10.6. The van der Waals surface area contributed by atoms with Gasteiger partial charge in [-0.2, -0.15) is 0 Å². The Hall–Kier alpha value is -1.59. The quantitative estimate of drug-likeness (QED) is 0.492. The molecule has 0 aromatic heterocycles. The van der Waals surface area contributed by atoms with E-state index in [0.29, 0.717) is 0 Å². The van der Waals surface area contributed by atoms with E-state index in [1.54, 1.807) is 0 Å². The molecule has 6 nitrogen and oxygen atoms in total. The smallest absolute Gasteiger partial charge is 0.414 e. The number of rotatable bonds is 3. The van der Waals surface area contributed by atoms with Crippen molar-refractivity contribution < 1.29 is 23.9 Å². The van der Waals surface area contributed by atoms with Crippen molar-refractivity contribution in [2.45, 2.75) is 13.3 Å². The van der Waals surface area contributed by atoms with Crippen LogP contribution in [0.1, 0.15) is 13.3 Å². The number of alkyl carbamates (subject to hydrolysis) is 1. The molecule has 74 valence electrons. The van der Waals surface area contributed by atoms with E-state index in [-0.39, 0.29) is 13.0 Å². The first-order valence-corrected chi connectivity index (χ1v) is 3.59. The summed E-state index contributed by atoms with van der Waals surface area (Å²) >= 11 is 0. The normalized spacial score (nSPS) is 8.77. The van der Waals surface area contributed by atoms with E-state index in [9.17, 15) is 14.4 Å². The maximum Gasteiger partial charge on any atom is 0.414 e. The fourth-order valence-electron chi connectivity index (χ4n) is 0.535. The number of hydrogen-bond donors (Lipinski definition) is 1. The van der Waals surface area contributed by atoms with Gasteiger partial charge in [-0.3, -0.25) is 9.59 Å². The minimum absolute atomic E-state index is 0.0451. The van der Waals surface area contributed by atoms with Crippen molar-refractivity contribution in [2.24, 2.45) is 0 Å². The molecular weight excluding hydrogens is 178 g/mol. The molecule has 0 aromatic carbocycles. The number of nitrogens with one attached hydrogen (secondary N) is 1. The number of carbonyl (C=O) groups is 3. The zero-order valence-corrected chi connectivity index (χ0v) is 7.46.